The normalized spacial score (nSPS) is 19.3. The van der Waals surface area contributed by atoms with Crippen molar-refractivity contribution in [3.63, 3.8) is 0 Å². The van der Waals surface area contributed by atoms with Gasteiger partial charge in [-0.15, -0.1) is 5.10 Å². The summed E-state index contributed by atoms with van der Waals surface area (Å²) < 4.78 is 1.92. The van der Waals surface area contributed by atoms with Crippen molar-refractivity contribution in [2.45, 2.75) is 12.5 Å². The second kappa shape index (κ2) is 7.99. The number of thiazole rings is 1. The number of hydrazine groups is 1. The van der Waals surface area contributed by atoms with Crippen molar-refractivity contribution >= 4 is 28.1 Å². The third kappa shape index (κ3) is 3.83. The van der Waals surface area contributed by atoms with Gasteiger partial charge in [-0.25, -0.2) is 10.4 Å². The quantitative estimate of drug-likeness (QED) is 0.362. The zero-order valence-corrected chi connectivity index (χ0v) is 17.1. The number of fused-ring (bicyclic) bond motifs is 1. The molecular formula is C21H18N6O3S. The van der Waals surface area contributed by atoms with Crippen molar-refractivity contribution in [2.24, 2.45) is 5.92 Å². The molecule has 1 aliphatic heterocycles. The topological polar surface area (TPSA) is 114 Å². The van der Waals surface area contributed by atoms with E-state index in [0.717, 1.165) is 11.1 Å². The van der Waals surface area contributed by atoms with Crippen LogP contribution in [0.15, 0.2) is 59.4 Å². The molecule has 1 saturated heterocycles. The third-order valence-corrected chi connectivity index (χ3v) is 6.24. The molecule has 0 aliphatic carbocycles. The summed E-state index contributed by atoms with van der Waals surface area (Å²) in [4.78, 5) is 28.7. The molecule has 5 rings (SSSR count). The summed E-state index contributed by atoms with van der Waals surface area (Å²) >= 11 is 1.30. The van der Waals surface area contributed by atoms with Crippen LogP contribution in [0.5, 0.6) is 0 Å². The molecule has 10 heteroatoms. The van der Waals surface area contributed by atoms with Crippen molar-refractivity contribution in [3.05, 3.63) is 96.5 Å². The molecule has 2 unspecified atom stereocenters. The van der Waals surface area contributed by atoms with Gasteiger partial charge >= 0.3 is 0 Å². The Kier molecular flexibility index (Phi) is 5.02. The highest BCUT2D eigenvalue weighted by Gasteiger charge is 2.28. The minimum Gasteiger partial charge on any atom is -0.266 e. The second-order valence-electron chi connectivity index (χ2n) is 7.34. The highest BCUT2D eigenvalue weighted by Crippen LogP contribution is 2.28. The third-order valence-electron chi connectivity index (χ3n) is 5.26. The summed E-state index contributed by atoms with van der Waals surface area (Å²) in [5, 5.41) is 15.5. The van der Waals surface area contributed by atoms with E-state index in [2.05, 4.69) is 20.9 Å². The van der Waals surface area contributed by atoms with E-state index in [1.54, 1.807) is 12.1 Å². The Hall–Kier alpha value is -3.47. The monoisotopic (exact) mass is 434 g/mol. The first-order valence-corrected chi connectivity index (χ1v) is 10.6. The van der Waals surface area contributed by atoms with E-state index < -0.39 is 4.92 Å². The van der Waals surface area contributed by atoms with Crippen LogP contribution in [0.25, 0.3) is 11.0 Å². The Morgan fingerprint density at radius 2 is 2.06 bits per heavy atom. The molecule has 0 amide bonds. The number of nitro groups is 1. The smallest absolute Gasteiger partial charge is 0.266 e. The lowest BCUT2D eigenvalue weighted by molar-refractivity contribution is -0.384. The van der Waals surface area contributed by atoms with Crippen molar-refractivity contribution in [2.75, 3.05) is 6.54 Å². The van der Waals surface area contributed by atoms with Gasteiger partial charge in [0.2, 0.25) is 4.96 Å². The van der Waals surface area contributed by atoms with Gasteiger partial charge in [0.15, 0.2) is 5.82 Å². The van der Waals surface area contributed by atoms with Crippen LogP contribution in [0, 0.1) is 16.0 Å². The fraction of sp³-hybridized carbons (Fsp3) is 0.190. The Labute approximate surface area is 180 Å². The van der Waals surface area contributed by atoms with Gasteiger partial charge in [-0.3, -0.25) is 20.3 Å². The van der Waals surface area contributed by atoms with Crippen molar-refractivity contribution in [3.8, 4) is 0 Å². The minimum atomic E-state index is -0.409. The van der Waals surface area contributed by atoms with Gasteiger partial charge in [0.25, 0.3) is 11.2 Å². The Balaban J connectivity index is 1.44. The number of hydrogen-bond acceptors (Lipinski definition) is 8. The molecule has 1 aliphatic rings. The molecular weight excluding hydrogens is 416 g/mol. The Morgan fingerprint density at radius 3 is 2.84 bits per heavy atom. The molecule has 4 aromatic rings. The van der Waals surface area contributed by atoms with Gasteiger partial charge in [-0.1, -0.05) is 59.9 Å². The summed E-state index contributed by atoms with van der Waals surface area (Å²) in [6.07, 6.45) is 2.47. The highest BCUT2D eigenvalue weighted by molar-refractivity contribution is 7.15. The zero-order chi connectivity index (χ0) is 21.4. The molecule has 0 radical (unpaired) electrons. The van der Waals surface area contributed by atoms with Crippen LogP contribution in [-0.2, 0) is 6.42 Å². The van der Waals surface area contributed by atoms with Gasteiger partial charge < -0.3 is 0 Å². The van der Waals surface area contributed by atoms with Crippen LogP contribution < -0.4 is 20.9 Å². The fourth-order valence-corrected chi connectivity index (χ4v) is 4.74. The number of aromatic nitrogens is 3. The summed E-state index contributed by atoms with van der Waals surface area (Å²) in [5.41, 5.74) is 7.96. The van der Waals surface area contributed by atoms with Crippen LogP contribution in [0.1, 0.15) is 23.0 Å². The fourth-order valence-electron chi connectivity index (χ4n) is 3.77. The molecule has 0 saturated carbocycles. The molecule has 1 fully saturated rings. The van der Waals surface area contributed by atoms with Gasteiger partial charge in [0, 0.05) is 31.0 Å². The van der Waals surface area contributed by atoms with Crippen LogP contribution in [0.4, 0.5) is 5.69 Å². The maximum Gasteiger partial charge on any atom is 0.290 e. The largest absolute Gasteiger partial charge is 0.290 e. The van der Waals surface area contributed by atoms with Crippen molar-refractivity contribution < 1.29 is 4.92 Å². The molecule has 0 spiro atoms. The average molecular weight is 434 g/mol. The van der Waals surface area contributed by atoms with Gasteiger partial charge in [0.1, 0.15) is 0 Å². The van der Waals surface area contributed by atoms with Crippen LogP contribution in [-0.4, -0.2) is 26.1 Å². The first-order valence-electron chi connectivity index (χ1n) is 9.75. The average Bonchev–Trinajstić information content (AvgIpc) is 3.46. The van der Waals surface area contributed by atoms with Gasteiger partial charge in [0.05, 0.1) is 15.5 Å². The van der Waals surface area contributed by atoms with Crippen LogP contribution >= 0.6 is 11.3 Å². The van der Waals surface area contributed by atoms with E-state index >= 15 is 0 Å². The standard InChI is InChI=1S/C21H18N6O3S/c28-20-17(31-21-23-18(25-26(20)21)9-13-5-2-1-3-6-13)11-15-12-22-24-19(15)14-7-4-8-16(10-14)27(29)30/h1-8,10-11,15,19,22,24H,9,12H2/b17-11-. The lowest BCUT2D eigenvalue weighted by atomic mass is 9.94. The summed E-state index contributed by atoms with van der Waals surface area (Å²) in [6, 6.07) is 16.2. The van der Waals surface area contributed by atoms with Crippen molar-refractivity contribution in [1.29, 1.82) is 0 Å². The van der Waals surface area contributed by atoms with E-state index in [-0.39, 0.29) is 23.2 Å². The van der Waals surface area contributed by atoms with Gasteiger partial charge in [-0.05, 0) is 11.1 Å². The summed E-state index contributed by atoms with van der Waals surface area (Å²) in [7, 11) is 0. The summed E-state index contributed by atoms with van der Waals surface area (Å²) in [5.74, 6) is 0.557. The Morgan fingerprint density at radius 1 is 1.23 bits per heavy atom. The lowest BCUT2D eigenvalue weighted by Crippen LogP contribution is -2.27. The van der Waals surface area contributed by atoms with E-state index in [1.807, 2.05) is 42.5 Å². The summed E-state index contributed by atoms with van der Waals surface area (Å²) in [6.45, 7) is 0.597. The van der Waals surface area contributed by atoms with E-state index in [9.17, 15) is 14.9 Å². The van der Waals surface area contributed by atoms with Gasteiger partial charge in [-0.2, -0.15) is 4.52 Å². The molecule has 2 aromatic heterocycles. The SMILES string of the molecule is O=c1/c(=C/C2CNNC2c2cccc([N+](=O)[O-])c2)sc2nc(Cc3ccccc3)nn12. The highest BCUT2D eigenvalue weighted by atomic mass is 32.1. The molecule has 3 heterocycles. The molecule has 9 nitrogen and oxygen atoms in total. The maximum absolute atomic E-state index is 12.9. The first-order chi connectivity index (χ1) is 15.1. The van der Waals surface area contributed by atoms with Crippen LogP contribution in [0.2, 0.25) is 0 Å². The molecule has 0 bridgehead atoms. The molecule has 2 aromatic carbocycles. The maximum atomic E-state index is 12.9. The number of nitrogens with one attached hydrogen (secondary N) is 2. The van der Waals surface area contributed by atoms with E-state index in [0.29, 0.717) is 28.3 Å². The number of rotatable bonds is 5. The zero-order valence-electron chi connectivity index (χ0n) is 16.3. The van der Waals surface area contributed by atoms with E-state index in [4.69, 9.17) is 0 Å². The molecule has 2 N–H and O–H groups in total. The van der Waals surface area contributed by atoms with Crippen LogP contribution in [0.3, 0.4) is 0 Å². The molecule has 2 atom stereocenters. The Bertz CT molecular complexity index is 1370. The van der Waals surface area contributed by atoms with E-state index in [1.165, 1.54) is 21.9 Å². The lowest BCUT2D eigenvalue weighted by Gasteiger charge is -2.15. The first kappa shape index (κ1) is 19.5. The minimum absolute atomic E-state index is 0.0409. The predicted octanol–water partition coefficient (Wildman–Crippen LogP) is 1.61. The molecule has 156 valence electrons. The number of nitrogens with zero attached hydrogens (tertiary/aromatic N) is 4. The number of non-ortho nitro benzene ring substituents is 1. The second-order valence-corrected chi connectivity index (χ2v) is 8.35. The number of nitro benzene ring substituents is 1. The molecule has 31 heavy (non-hydrogen) atoms. The predicted molar refractivity (Wildman–Crippen MR) is 117 cm³/mol. The van der Waals surface area contributed by atoms with Crippen molar-refractivity contribution in [1.82, 2.24) is 25.4 Å². The number of benzene rings is 2. The number of hydrogen-bond donors (Lipinski definition) is 2.